The van der Waals surface area contributed by atoms with Crippen molar-refractivity contribution < 1.29 is 14.6 Å². The molecule has 1 aromatic heterocycles. The lowest BCUT2D eigenvalue weighted by atomic mass is 9.87. The number of aliphatic hydroxyl groups is 1. The summed E-state index contributed by atoms with van der Waals surface area (Å²) in [5, 5.41) is 10.6. The molecule has 2 fully saturated rings. The van der Waals surface area contributed by atoms with Gasteiger partial charge in [-0.2, -0.15) is 0 Å². The highest BCUT2D eigenvalue weighted by atomic mass is 16.5. The molecule has 2 aliphatic heterocycles. The van der Waals surface area contributed by atoms with Crippen molar-refractivity contribution in [2.24, 2.45) is 0 Å². The van der Waals surface area contributed by atoms with Crippen molar-refractivity contribution in [3.05, 3.63) is 60.2 Å². The Kier molecular flexibility index (Phi) is 4.15. The van der Waals surface area contributed by atoms with E-state index in [9.17, 15) is 9.90 Å². The second kappa shape index (κ2) is 6.46. The Balaban J connectivity index is 1.44. The maximum absolute atomic E-state index is 12.4. The number of β-amino-alcohol motifs (C(OH)–C–C–N with tert-alkyl or cyclic N) is 1. The Bertz CT molecular complexity index is 759. The fraction of sp³-hybridized carbons (Fsp3) is 0.368. The molecule has 3 heterocycles. The lowest BCUT2D eigenvalue weighted by Crippen LogP contribution is -2.41. The van der Waals surface area contributed by atoms with Crippen LogP contribution >= 0.6 is 0 Å². The van der Waals surface area contributed by atoms with Crippen LogP contribution in [0.5, 0.6) is 0 Å². The molecular formula is C19H21N3O3. The molecule has 130 valence electrons. The van der Waals surface area contributed by atoms with Gasteiger partial charge in [0.1, 0.15) is 11.7 Å². The number of nitrogens with zero attached hydrogens (tertiary/aromatic N) is 2. The van der Waals surface area contributed by atoms with E-state index in [4.69, 9.17) is 4.74 Å². The normalized spacial score (nSPS) is 29.1. The van der Waals surface area contributed by atoms with Gasteiger partial charge in [0, 0.05) is 18.5 Å². The Morgan fingerprint density at radius 2 is 2.24 bits per heavy atom. The van der Waals surface area contributed by atoms with Gasteiger partial charge >= 0.3 is 0 Å². The number of likely N-dealkylation sites (tertiary alicyclic amines) is 1. The number of aromatic amines is 1. The van der Waals surface area contributed by atoms with Crippen molar-refractivity contribution in [1.29, 1.82) is 0 Å². The van der Waals surface area contributed by atoms with Crippen LogP contribution < -0.4 is 0 Å². The van der Waals surface area contributed by atoms with Crippen LogP contribution in [0.1, 0.15) is 23.6 Å². The van der Waals surface area contributed by atoms with Gasteiger partial charge in [-0.15, -0.1) is 0 Å². The van der Waals surface area contributed by atoms with Crippen LogP contribution in [0.15, 0.2) is 48.9 Å². The van der Waals surface area contributed by atoms with Gasteiger partial charge in [0.2, 0.25) is 5.91 Å². The fourth-order valence-corrected chi connectivity index (χ4v) is 3.74. The van der Waals surface area contributed by atoms with Gasteiger partial charge in [-0.3, -0.25) is 4.79 Å². The molecule has 6 nitrogen and oxygen atoms in total. The first-order chi connectivity index (χ1) is 12.2. The molecule has 1 spiro atoms. The summed E-state index contributed by atoms with van der Waals surface area (Å²) in [6, 6.07) is 10.2. The van der Waals surface area contributed by atoms with E-state index >= 15 is 0 Å². The Morgan fingerprint density at radius 3 is 3.00 bits per heavy atom. The van der Waals surface area contributed by atoms with Crippen molar-refractivity contribution in [3.63, 3.8) is 0 Å². The van der Waals surface area contributed by atoms with Crippen molar-refractivity contribution in [1.82, 2.24) is 14.9 Å². The Hall–Kier alpha value is -2.44. The van der Waals surface area contributed by atoms with Gasteiger partial charge in [-0.05, 0) is 18.1 Å². The summed E-state index contributed by atoms with van der Waals surface area (Å²) in [7, 11) is 0. The summed E-state index contributed by atoms with van der Waals surface area (Å²) in [5.74, 6) is 0.128. The van der Waals surface area contributed by atoms with Crippen LogP contribution in [0.4, 0.5) is 0 Å². The molecule has 1 amide bonds. The molecule has 0 saturated carbocycles. The van der Waals surface area contributed by atoms with E-state index in [-0.39, 0.29) is 11.8 Å². The van der Waals surface area contributed by atoms with Crippen LogP contribution in [-0.2, 0) is 9.53 Å². The fourth-order valence-electron chi connectivity index (χ4n) is 3.74. The van der Waals surface area contributed by atoms with E-state index in [0.29, 0.717) is 19.7 Å². The standard InChI is InChI=1S/C19H21N3O3/c23-17-10-22(18(24)7-6-16-9-20-13-21-16)12-19(17)8-15(11-25-19)14-4-2-1-3-5-14/h1-7,9,13,15,17,23H,8,10-12H2,(H,20,21)/t15-,17+,19+/m0/s1. The molecule has 4 rings (SSSR count). The number of carbonyl (C=O) groups excluding carboxylic acids is 1. The molecule has 2 aromatic rings. The zero-order chi connectivity index (χ0) is 17.3. The summed E-state index contributed by atoms with van der Waals surface area (Å²) in [6.07, 6.45) is 6.47. The minimum absolute atomic E-state index is 0.128. The molecule has 1 aromatic carbocycles. The minimum atomic E-state index is -0.661. The lowest BCUT2D eigenvalue weighted by molar-refractivity contribution is -0.126. The number of H-pyrrole nitrogens is 1. The molecule has 0 bridgehead atoms. The molecule has 0 unspecified atom stereocenters. The monoisotopic (exact) mass is 339 g/mol. The summed E-state index contributed by atoms with van der Waals surface area (Å²) < 4.78 is 6.03. The minimum Gasteiger partial charge on any atom is -0.388 e. The van der Waals surface area contributed by atoms with Crippen LogP contribution in [0.2, 0.25) is 0 Å². The molecule has 25 heavy (non-hydrogen) atoms. The third-order valence-corrected chi connectivity index (χ3v) is 5.13. The van der Waals surface area contributed by atoms with Crippen molar-refractivity contribution >= 4 is 12.0 Å². The number of nitrogens with one attached hydrogen (secondary N) is 1. The first kappa shape index (κ1) is 16.1. The SMILES string of the molecule is O=C(C=Cc1cnc[nH]1)N1C[C@@H](O)[C@@]2(C[C@H](c3ccccc3)CO2)C1. The predicted molar refractivity (Wildman–Crippen MR) is 92.7 cm³/mol. The zero-order valence-electron chi connectivity index (χ0n) is 13.8. The predicted octanol–water partition coefficient (Wildman–Crippen LogP) is 1.57. The van der Waals surface area contributed by atoms with Gasteiger partial charge in [0.15, 0.2) is 0 Å². The number of benzene rings is 1. The van der Waals surface area contributed by atoms with E-state index in [1.807, 2.05) is 18.2 Å². The molecule has 2 aliphatic rings. The highest BCUT2D eigenvalue weighted by Crippen LogP contribution is 2.42. The first-order valence-corrected chi connectivity index (χ1v) is 8.49. The van der Waals surface area contributed by atoms with E-state index in [0.717, 1.165) is 12.1 Å². The number of imidazole rings is 1. The second-order valence-corrected chi connectivity index (χ2v) is 6.76. The molecule has 0 radical (unpaired) electrons. The smallest absolute Gasteiger partial charge is 0.246 e. The van der Waals surface area contributed by atoms with Crippen molar-refractivity contribution in [2.75, 3.05) is 19.7 Å². The van der Waals surface area contributed by atoms with Crippen molar-refractivity contribution in [3.8, 4) is 0 Å². The second-order valence-electron chi connectivity index (χ2n) is 6.76. The number of rotatable bonds is 3. The highest BCUT2D eigenvalue weighted by molar-refractivity contribution is 5.91. The summed E-state index contributed by atoms with van der Waals surface area (Å²) in [4.78, 5) is 20.9. The molecule has 2 N–H and O–H groups in total. The van der Waals surface area contributed by atoms with Crippen LogP contribution in [-0.4, -0.2) is 57.3 Å². The topological polar surface area (TPSA) is 78.5 Å². The lowest BCUT2D eigenvalue weighted by Gasteiger charge is -2.25. The Morgan fingerprint density at radius 1 is 1.40 bits per heavy atom. The highest BCUT2D eigenvalue weighted by Gasteiger charge is 2.52. The summed E-state index contributed by atoms with van der Waals surface area (Å²) >= 11 is 0. The van der Waals surface area contributed by atoms with Gasteiger partial charge in [0.05, 0.1) is 31.4 Å². The molecule has 0 aliphatic carbocycles. The number of ether oxygens (including phenoxy) is 1. The van der Waals surface area contributed by atoms with Crippen LogP contribution in [0.3, 0.4) is 0 Å². The zero-order valence-corrected chi connectivity index (χ0v) is 13.8. The molecule has 2 saturated heterocycles. The number of hydrogen-bond donors (Lipinski definition) is 2. The van der Waals surface area contributed by atoms with Crippen LogP contribution in [0.25, 0.3) is 6.08 Å². The molecular weight excluding hydrogens is 318 g/mol. The van der Waals surface area contributed by atoms with E-state index < -0.39 is 11.7 Å². The third kappa shape index (κ3) is 3.10. The van der Waals surface area contributed by atoms with Crippen molar-refractivity contribution in [2.45, 2.75) is 24.0 Å². The van der Waals surface area contributed by atoms with E-state index in [1.54, 1.807) is 23.5 Å². The first-order valence-electron chi connectivity index (χ1n) is 8.49. The number of hydrogen-bond acceptors (Lipinski definition) is 4. The number of aromatic nitrogens is 2. The summed E-state index contributed by atoms with van der Waals surface area (Å²) in [6.45, 7) is 1.30. The van der Waals surface area contributed by atoms with Gasteiger partial charge < -0.3 is 19.7 Å². The maximum Gasteiger partial charge on any atom is 0.246 e. The Labute approximate surface area is 146 Å². The number of aliphatic hydroxyl groups excluding tert-OH is 1. The van der Waals surface area contributed by atoms with Crippen LogP contribution in [0, 0.1) is 0 Å². The largest absolute Gasteiger partial charge is 0.388 e. The quantitative estimate of drug-likeness (QED) is 0.832. The van der Waals surface area contributed by atoms with Gasteiger partial charge in [0.25, 0.3) is 0 Å². The van der Waals surface area contributed by atoms with E-state index in [2.05, 4.69) is 22.1 Å². The molecule has 6 heteroatoms. The number of carbonyl (C=O) groups is 1. The average Bonchev–Trinajstić information content (AvgIpc) is 3.36. The molecule has 3 atom stereocenters. The van der Waals surface area contributed by atoms with E-state index in [1.165, 1.54) is 11.6 Å². The number of amides is 1. The summed E-state index contributed by atoms with van der Waals surface area (Å²) in [5.41, 5.74) is 1.33. The maximum atomic E-state index is 12.4. The van der Waals surface area contributed by atoms with Gasteiger partial charge in [-0.25, -0.2) is 4.98 Å². The average molecular weight is 339 g/mol. The van der Waals surface area contributed by atoms with Gasteiger partial charge in [-0.1, -0.05) is 30.3 Å². The third-order valence-electron chi connectivity index (χ3n) is 5.13.